The molecule has 0 aromatic heterocycles. The summed E-state index contributed by atoms with van der Waals surface area (Å²) in [6.45, 7) is 0. The smallest absolute Gasteiger partial charge is 0.252 e. The van der Waals surface area contributed by atoms with Crippen LogP contribution in [0.2, 0.25) is 0 Å². The minimum Gasteiger partial charge on any atom is -0.337 e. The molecule has 0 saturated carbocycles. The summed E-state index contributed by atoms with van der Waals surface area (Å²) in [5, 5.41) is 0. The number of thiol groups is 2. The molecule has 2 nitrogen and oxygen atoms in total. The van der Waals surface area contributed by atoms with Gasteiger partial charge in [-0.25, -0.2) is 0 Å². The highest BCUT2D eigenvalue weighted by molar-refractivity contribution is 8.60. The molecule has 0 aliphatic rings. The highest BCUT2D eigenvalue weighted by Crippen LogP contribution is 2.48. The van der Waals surface area contributed by atoms with E-state index in [1.165, 1.54) is 0 Å². The van der Waals surface area contributed by atoms with Crippen LogP contribution in [0.3, 0.4) is 0 Å². The normalized spacial score (nSPS) is 19.8. The van der Waals surface area contributed by atoms with Gasteiger partial charge in [0.15, 0.2) is 0 Å². The van der Waals surface area contributed by atoms with E-state index in [0.717, 1.165) is 0 Å². The summed E-state index contributed by atoms with van der Waals surface area (Å²) < 4.78 is 3.98. The fourth-order valence-electron chi connectivity index (χ4n) is 0. The van der Waals surface area contributed by atoms with Gasteiger partial charge in [-0.3, -0.25) is 3.97 Å². The molecule has 1 atom stereocenters. The van der Waals surface area contributed by atoms with Crippen molar-refractivity contribution < 1.29 is 8.86 Å². The molecular formula is H3O2PS3. The van der Waals surface area contributed by atoms with Crippen molar-refractivity contribution in [2.24, 2.45) is 0 Å². The van der Waals surface area contributed by atoms with Crippen LogP contribution in [0.4, 0.5) is 0 Å². The maximum absolute atomic E-state index is 8.32. The molecular weight excluding hydrogens is 159 g/mol. The Kier molecular flexibility index (Phi) is 3.09. The van der Waals surface area contributed by atoms with Gasteiger partial charge in [0.05, 0.1) is 0 Å². The first kappa shape index (κ1) is 7.27. The maximum atomic E-state index is 8.32. The van der Waals surface area contributed by atoms with Gasteiger partial charge in [0.25, 0.3) is 5.69 Å². The molecule has 0 saturated heterocycles. The van der Waals surface area contributed by atoms with Gasteiger partial charge in [-0.2, -0.15) is 0 Å². The molecule has 0 aliphatic heterocycles. The molecule has 0 heterocycles. The fraction of sp³-hybridized carbons (Fsp3) is 0. The number of hydrogen-bond acceptors (Lipinski definition) is 3. The van der Waals surface area contributed by atoms with E-state index < -0.39 is 5.69 Å². The minimum atomic E-state index is -2.75. The lowest BCUT2D eigenvalue weighted by atomic mass is 15.8. The maximum Gasteiger partial charge on any atom is 0.252 e. The van der Waals surface area contributed by atoms with Crippen LogP contribution in [0.15, 0.2) is 0 Å². The molecule has 0 spiro atoms. The van der Waals surface area contributed by atoms with Crippen molar-refractivity contribution in [2.45, 2.75) is 0 Å². The van der Waals surface area contributed by atoms with Gasteiger partial charge < -0.3 is 4.89 Å². The van der Waals surface area contributed by atoms with Crippen molar-refractivity contribution in [3.8, 4) is 0 Å². The molecule has 1 N–H and O–H groups in total. The van der Waals surface area contributed by atoms with Gasteiger partial charge in [-0.15, -0.1) is 0 Å². The zero-order valence-electron chi connectivity index (χ0n) is 2.61. The van der Waals surface area contributed by atoms with E-state index in [9.17, 15) is 0 Å². The average molecular weight is 162 g/mol. The summed E-state index contributed by atoms with van der Waals surface area (Å²) in [6.07, 6.45) is 0. The highest BCUT2D eigenvalue weighted by Gasteiger charge is 1.99. The van der Waals surface area contributed by atoms with Gasteiger partial charge in [0, 0.05) is 0 Å². The average Bonchev–Trinajstić information content (AvgIpc) is 1.35. The first-order valence-electron chi connectivity index (χ1n) is 0.948. The lowest BCUT2D eigenvalue weighted by molar-refractivity contribution is 0.549. The molecule has 0 aromatic carbocycles. The molecule has 1 unspecified atom stereocenters. The summed E-state index contributed by atoms with van der Waals surface area (Å²) >= 11 is 10.9. The Labute approximate surface area is 51.8 Å². The molecule has 6 heavy (non-hydrogen) atoms. The zero-order valence-corrected chi connectivity index (χ0v) is 6.11. The van der Waals surface area contributed by atoms with Gasteiger partial charge in [0.1, 0.15) is 0 Å². The van der Waals surface area contributed by atoms with Crippen molar-refractivity contribution in [1.82, 2.24) is 0 Å². The topological polar surface area (TPSA) is 29.5 Å². The Hall–Kier alpha value is 1.27. The van der Waals surface area contributed by atoms with E-state index in [1.54, 1.807) is 0 Å². The zero-order chi connectivity index (χ0) is 5.21. The highest BCUT2D eigenvalue weighted by atomic mass is 32.9. The van der Waals surface area contributed by atoms with Crippen LogP contribution >= 0.6 is 30.9 Å². The van der Waals surface area contributed by atoms with Crippen molar-refractivity contribution in [1.29, 1.82) is 0 Å². The predicted octanol–water partition coefficient (Wildman–Crippen LogP) is 0.994. The Morgan fingerprint density at radius 1 is 1.83 bits per heavy atom. The molecule has 0 aliphatic carbocycles. The first-order chi connectivity index (χ1) is 2.56. The van der Waals surface area contributed by atoms with Crippen molar-refractivity contribution in [2.75, 3.05) is 0 Å². The summed E-state index contributed by atoms with van der Waals surface area (Å²) in [4.78, 5) is 8.32. The fourth-order valence-corrected chi connectivity index (χ4v) is 0. The predicted molar refractivity (Wildman–Crippen MR) is 35.6 cm³/mol. The van der Waals surface area contributed by atoms with Crippen LogP contribution in [-0.2, 0) is 15.8 Å². The molecule has 0 radical (unpaired) electrons. The molecule has 6 heteroatoms. The summed E-state index contributed by atoms with van der Waals surface area (Å²) in [5.74, 6) is 0. The van der Waals surface area contributed by atoms with Crippen LogP contribution in [0, 0.1) is 0 Å². The van der Waals surface area contributed by atoms with Crippen molar-refractivity contribution in [3.63, 3.8) is 0 Å². The van der Waals surface area contributed by atoms with Crippen molar-refractivity contribution >= 4 is 42.7 Å². The lowest BCUT2D eigenvalue weighted by Gasteiger charge is -1.97. The second kappa shape index (κ2) is 2.55. The summed E-state index contributed by atoms with van der Waals surface area (Å²) in [7, 11) is 0. The van der Waals surface area contributed by atoms with E-state index in [2.05, 4.69) is 40.9 Å². The Bertz CT molecular complexity index is 72.9. The van der Waals surface area contributed by atoms with Gasteiger partial charge in [-0.1, -0.05) is 12.2 Å². The first-order valence-corrected chi connectivity index (χ1v) is 5.14. The molecule has 0 bridgehead atoms. The Morgan fingerprint density at radius 3 is 2.00 bits per heavy atom. The summed E-state index contributed by atoms with van der Waals surface area (Å²) in [6, 6.07) is 0. The Balaban J connectivity index is 3.48. The van der Waals surface area contributed by atoms with Gasteiger partial charge in [-0.05, 0) is 24.7 Å². The second-order valence-electron chi connectivity index (χ2n) is 0.572. The van der Waals surface area contributed by atoms with Gasteiger partial charge in [0.2, 0.25) is 0 Å². The Morgan fingerprint density at radius 2 is 2.00 bits per heavy atom. The molecule has 0 rings (SSSR count). The molecule has 38 valence electrons. The second-order valence-corrected chi connectivity index (χ2v) is 6.13. The van der Waals surface area contributed by atoms with Crippen LogP contribution < -0.4 is 0 Å². The quantitative estimate of drug-likeness (QED) is 0.305. The lowest BCUT2D eigenvalue weighted by Crippen LogP contribution is -1.59. The van der Waals surface area contributed by atoms with Gasteiger partial charge >= 0.3 is 0 Å². The molecule has 0 fully saturated rings. The van der Waals surface area contributed by atoms with E-state index >= 15 is 0 Å². The SMILES string of the molecule is OP(=S)(S)OS. The monoisotopic (exact) mass is 162 g/mol. The third-order valence-electron chi connectivity index (χ3n) is 0.106. The third-order valence-corrected chi connectivity index (χ3v) is 2.21. The third kappa shape index (κ3) is 5.27. The van der Waals surface area contributed by atoms with Crippen molar-refractivity contribution in [3.05, 3.63) is 0 Å². The van der Waals surface area contributed by atoms with Crippen LogP contribution in [-0.4, -0.2) is 4.89 Å². The van der Waals surface area contributed by atoms with Crippen LogP contribution in [0.25, 0.3) is 0 Å². The molecule has 0 amide bonds. The van der Waals surface area contributed by atoms with E-state index in [1.807, 2.05) is 0 Å². The standard InChI is InChI=1S/H3O2PS3/c1-3(5,6)2-4/h4H,(H2,1,5,6). The van der Waals surface area contributed by atoms with Crippen LogP contribution in [0.5, 0.6) is 0 Å². The van der Waals surface area contributed by atoms with E-state index in [0.29, 0.717) is 0 Å². The van der Waals surface area contributed by atoms with E-state index in [-0.39, 0.29) is 0 Å². The largest absolute Gasteiger partial charge is 0.337 e. The number of hydrogen-bond donors (Lipinski definition) is 3. The molecule has 0 aromatic rings. The summed E-state index contributed by atoms with van der Waals surface area (Å²) in [5.41, 5.74) is -2.75. The minimum absolute atomic E-state index is 2.75. The van der Waals surface area contributed by atoms with E-state index in [4.69, 9.17) is 4.89 Å². The van der Waals surface area contributed by atoms with Crippen LogP contribution in [0.1, 0.15) is 0 Å². The number of rotatable bonds is 1.